The van der Waals surface area contributed by atoms with E-state index in [0.717, 1.165) is 32.4 Å². The van der Waals surface area contributed by atoms with Crippen LogP contribution in [0.15, 0.2) is 54.3 Å². The molecule has 1 unspecified atom stereocenters. The number of ether oxygens (including phenoxy) is 1. The zero-order valence-corrected chi connectivity index (χ0v) is 14.0. The largest absolute Gasteiger partial charge is 0.467 e. The van der Waals surface area contributed by atoms with Crippen LogP contribution >= 0.6 is 0 Å². The number of likely N-dealkylation sites (N-methyl/N-ethyl adjacent to an activating group) is 1. The van der Waals surface area contributed by atoms with Crippen LogP contribution in [-0.2, 0) is 16.0 Å². The van der Waals surface area contributed by atoms with Crippen LogP contribution in [0.25, 0.3) is 0 Å². The summed E-state index contributed by atoms with van der Waals surface area (Å²) in [5, 5.41) is 3.48. The Balaban J connectivity index is 1.62. The van der Waals surface area contributed by atoms with Gasteiger partial charge >= 0.3 is 5.97 Å². The Bertz CT molecular complexity index is 552. The van der Waals surface area contributed by atoms with Crippen LogP contribution in [0.5, 0.6) is 0 Å². The lowest BCUT2D eigenvalue weighted by atomic mass is 10.1. The molecule has 0 aliphatic carbocycles. The zero-order chi connectivity index (χ0) is 16.5. The topological polar surface area (TPSA) is 41.6 Å². The zero-order valence-electron chi connectivity index (χ0n) is 14.0. The number of hydrogen-bond acceptors (Lipinski definition) is 4. The third-order valence-electron chi connectivity index (χ3n) is 4.00. The lowest BCUT2D eigenvalue weighted by molar-refractivity contribution is -0.143. The second-order valence-corrected chi connectivity index (χ2v) is 5.79. The molecular weight excluding hydrogens is 288 g/mol. The number of allylic oxidation sites excluding steroid dienone is 2. The average Bonchev–Trinajstić information content (AvgIpc) is 2.58. The summed E-state index contributed by atoms with van der Waals surface area (Å²) in [6.45, 7) is 2.01. The summed E-state index contributed by atoms with van der Waals surface area (Å²) in [7, 11) is 3.33. The maximum Gasteiger partial charge on any atom is 0.332 e. The number of carbonyl (C=O) groups excluding carboxylic acids is 1. The molecule has 1 N–H and O–H groups in total. The molecule has 0 bridgehead atoms. The van der Waals surface area contributed by atoms with Crippen LogP contribution < -0.4 is 5.32 Å². The van der Waals surface area contributed by atoms with E-state index in [1.54, 1.807) is 0 Å². The maximum atomic E-state index is 11.6. The molecule has 1 heterocycles. The molecule has 0 amide bonds. The van der Waals surface area contributed by atoms with Crippen LogP contribution in [0.3, 0.4) is 0 Å². The highest BCUT2D eigenvalue weighted by Gasteiger charge is 2.21. The molecular formula is C19H26N2O2. The van der Waals surface area contributed by atoms with Gasteiger partial charge in [0, 0.05) is 13.2 Å². The highest BCUT2D eigenvalue weighted by Crippen LogP contribution is 2.16. The van der Waals surface area contributed by atoms with Gasteiger partial charge in [0.1, 0.15) is 6.04 Å². The van der Waals surface area contributed by atoms with E-state index in [1.807, 2.05) is 36.4 Å². The number of hydrogen-bond donors (Lipinski definition) is 1. The lowest BCUT2D eigenvalue weighted by Gasteiger charge is -2.26. The van der Waals surface area contributed by atoms with Crippen LogP contribution in [0.2, 0.25) is 0 Å². The number of carbonyl (C=O) groups is 1. The standard InChI is InChI=1S/C19H26N2O2/c1-21-15-17(10-11-18(21)19(22)23-2)9-6-13-20-14-12-16-7-4-3-5-8-16/h3-5,7-8,10-11,15,18,20H,6,9,12-14H2,1-2H3. The first-order chi connectivity index (χ1) is 11.2. The van der Waals surface area contributed by atoms with E-state index >= 15 is 0 Å². The van der Waals surface area contributed by atoms with Gasteiger partial charge in [0.15, 0.2) is 0 Å². The van der Waals surface area contributed by atoms with Crippen molar-refractivity contribution in [2.24, 2.45) is 0 Å². The van der Waals surface area contributed by atoms with Crippen LogP contribution in [-0.4, -0.2) is 44.2 Å². The molecule has 0 spiro atoms. The molecule has 2 rings (SSSR count). The quantitative estimate of drug-likeness (QED) is 0.591. The second kappa shape index (κ2) is 9.16. The third-order valence-corrected chi connectivity index (χ3v) is 4.00. The van der Waals surface area contributed by atoms with Gasteiger partial charge in [0.2, 0.25) is 0 Å². The molecule has 124 valence electrons. The normalized spacial score (nSPS) is 17.0. The van der Waals surface area contributed by atoms with Gasteiger partial charge in [-0.1, -0.05) is 42.5 Å². The minimum absolute atomic E-state index is 0.221. The fraction of sp³-hybridized carbons (Fsp3) is 0.421. The molecule has 0 aromatic heterocycles. The Kier molecular flexibility index (Phi) is 6.88. The average molecular weight is 314 g/mol. The van der Waals surface area contributed by atoms with Crippen molar-refractivity contribution in [3.63, 3.8) is 0 Å². The van der Waals surface area contributed by atoms with Crippen molar-refractivity contribution < 1.29 is 9.53 Å². The predicted molar refractivity (Wildman–Crippen MR) is 93.0 cm³/mol. The SMILES string of the molecule is COC(=O)C1C=CC(CCCNCCc2ccccc2)=CN1C. The molecule has 1 aliphatic heterocycles. The van der Waals surface area contributed by atoms with Gasteiger partial charge in [-0.15, -0.1) is 0 Å². The second-order valence-electron chi connectivity index (χ2n) is 5.79. The summed E-state index contributed by atoms with van der Waals surface area (Å²) >= 11 is 0. The van der Waals surface area contributed by atoms with Gasteiger partial charge in [-0.05, 0) is 43.5 Å². The molecule has 1 aromatic carbocycles. The van der Waals surface area contributed by atoms with Gasteiger partial charge in [-0.2, -0.15) is 0 Å². The van der Waals surface area contributed by atoms with E-state index in [2.05, 4.69) is 29.6 Å². The van der Waals surface area contributed by atoms with Crippen LogP contribution in [0.1, 0.15) is 18.4 Å². The summed E-state index contributed by atoms with van der Waals surface area (Å²) < 4.78 is 4.79. The molecule has 0 fully saturated rings. The predicted octanol–water partition coefficient (Wildman–Crippen LogP) is 2.53. The van der Waals surface area contributed by atoms with E-state index < -0.39 is 0 Å². The summed E-state index contributed by atoms with van der Waals surface area (Å²) in [5.41, 5.74) is 2.62. The number of esters is 1. The van der Waals surface area contributed by atoms with Crippen molar-refractivity contribution >= 4 is 5.97 Å². The number of methoxy groups -OCH3 is 1. The first kappa shape index (κ1) is 17.3. The Morgan fingerprint density at radius 3 is 2.70 bits per heavy atom. The van der Waals surface area contributed by atoms with Crippen molar-refractivity contribution in [2.75, 3.05) is 27.2 Å². The van der Waals surface area contributed by atoms with Gasteiger partial charge in [0.05, 0.1) is 7.11 Å². The fourth-order valence-electron chi connectivity index (χ4n) is 2.67. The molecule has 0 saturated carbocycles. The molecule has 4 heteroatoms. The van der Waals surface area contributed by atoms with Crippen molar-refractivity contribution in [2.45, 2.75) is 25.3 Å². The molecule has 1 atom stereocenters. The third kappa shape index (κ3) is 5.57. The molecule has 0 saturated heterocycles. The Labute approximate surface area is 138 Å². The van der Waals surface area contributed by atoms with E-state index in [0.29, 0.717) is 0 Å². The molecule has 1 aliphatic rings. The molecule has 0 radical (unpaired) electrons. The van der Waals surface area contributed by atoms with Gasteiger partial charge in [-0.25, -0.2) is 4.79 Å². The summed E-state index contributed by atoms with van der Waals surface area (Å²) in [6, 6.07) is 10.2. The minimum atomic E-state index is -0.298. The summed E-state index contributed by atoms with van der Waals surface area (Å²) in [4.78, 5) is 13.5. The van der Waals surface area contributed by atoms with Gasteiger partial charge in [-0.3, -0.25) is 0 Å². The number of nitrogens with one attached hydrogen (secondary N) is 1. The highest BCUT2D eigenvalue weighted by atomic mass is 16.5. The highest BCUT2D eigenvalue weighted by molar-refractivity contribution is 5.78. The van der Waals surface area contributed by atoms with Gasteiger partial charge in [0.25, 0.3) is 0 Å². The monoisotopic (exact) mass is 314 g/mol. The van der Waals surface area contributed by atoms with Crippen molar-refractivity contribution in [3.05, 3.63) is 59.8 Å². The number of benzene rings is 1. The van der Waals surface area contributed by atoms with E-state index in [4.69, 9.17) is 4.74 Å². The maximum absolute atomic E-state index is 11.6. The molecule has 23 heavy (non-hydrogen) atoms. The number of rotatable bonds is 8. The van der Waals surface area contributed by atoms with Crippen molar-refractivity contribution in [3.8, 4) is 0 Å². The lowest BCUT2D eigenvalue weighted by Crippen LogP contribution is -2.36. The summed E-state index contributed by atoms with van der Waals surface area (Å²) in [5.74, 6) is -0.221. The first-order valence-corrected chi connectivity index (χ1v) is 8.14. The first-order valence-electron chi connectivity index (χ1n) is 8.14. The van der Waals surface area contributed by atoms with E-state index in [-0.39, 0.29) is 12.0 Å². The minimum Gasteiger partial charge on any atom is -0.467 e. The fourth-order valence-corrected chi connectivity index (χ4v) is 2.67. The molecule has 4 nitrogen and oxygen atoms in total. The van der Waals surface area contributed by atoms with Crippen molar-refractivity contribution in [1.29, 1.82) is 0 Å². The number of nitrogens with zero attached hydrogens (tertiary/aromatic N) is 1. The van der Waals surface area contributed by atoms with Crippen molar-refractivity contribution in [1.82, 2.24) is 10.2 Å². The summed E-state index contributed by atoms with van der Waals surface area (Å²) in [6.07, 6.45) is 9.13. The van der Waals surface area contributed by atoms with Crippen LogP contribution in [0.4, 0.5) is 0 Å². The van der Waals surface area contributed by atoms with E-state index in [9.17, 15) is 4.79 Å². The Hall–Kier alpha value is -2.07. The molecule has 1 aromatic rings. The van der Waals surface area contributed by atoms with Gasteiger partial charge < -0.3 is 15.0 Å². The Morgan fingerprint density at radius 1 is 1.22 bits per heavy atom. The van der Waals surface area contributed by atoms with E-state index in [1.165, 1.54) is 18.2 Å². The smallest absolute Gasteiger partial charge is 0.332 e. The Morgan fingerprint density at radius 2 is 2.00 bits per heavy atom. The van der Waals surface area contributed by atoms with Crippen LogP contribution in [0, 0.1) is 0 Å².